The highest BCUT2D eigenvalue weighted by Crippen LogP contribution is 2.32. The van der Waals surface area contributed by atoms with Gasteiger partial charge in [-0.25, -0.2) is 8.91 Å². The van der Waals surface area contributed by atoms with Crippen LogP contribution in [0.15, 0.2) is 47.7 Å². The number of fused-ring (bicyclic) bond motifs is 1. The van der Waals surface area contributed by atoms with Gasteiger partial charge in [0.25, 0.3) is 5.56 Å². The molecule has 0 unspecified atom stereocenters. The van der Waals surface area contributed by atoms with Gasteiger partial charge in [0.1, 0.15) is 24.2 Å². The molecule has 3 rings (SSSR count). The van der Waals surface area contributed by atoms with Gasteiger partial charge in [-0.15, -0.1) is 0 Å². The highest BCUT2D eigenvalue weighted by Gasteiger charge is 2.33. The molecule has 0 saturated heterocycles. The van der Waals surface area contributed by atoms with Gasteiger partial charge in [0.15, 0.2) is 0 Å². The molecule has 1 amide bonds. The Morgan fingerprint density at radius 3 is 2.73 bits per heavy atom. The van der Waals surface area contributed by atoms with E-state index in [0.717, 1.165) is 23.0 Å². The molecule has 0 aliphatic rings. The van der Waals surface area contributed by atoms with Crippen LogP contribution in [-0.2, 0) is 24.1 Å². The van der Waals surface area contributed by atoms with E-state index in [-0.39, 0.29) is 11.1 Å². The number of carbonyl (C=O) groups is 1. The van der Waals surface area contributed by atoms with E-state index in [2.05, 4.69) is 10.4 Å². The molecule has 6 nitrogen and oxygen atoms in total. The maximum Gasteiger partial charge on any atom is 0.416 e. The number of alkyl halides is 3. The SMILES string of the molecule is O=C(Cn1cnn2cccc2c1=O)NCc1ccc(F)cc1C(F)(F)F. The fraction of sp³-hybridized carbons (Fsp3) is 0.188. The number of carbonyl (C=O) groups excluding carboxylic acids is 1. The number of amides is 1. The second-order valence-corrected chi connectivity index (χ2v) is 5.48. The Morgan fingerprint density at radius 1 is 1.23 bits per heavy atom. The number of benzene rings is 1. The van der Waals surface area contributed by atoms with E-state index in [0.29, 0.717) is 6.07 Å². The van der Waals surface area contributed by atoms with Crippen LogP contribution in [0.4, 0.5) is 17.6 Å². The Bertz CT molecular complexity index is 1020. The fourth-order valence-corrected chi connectivity index (χ4v) is 2.44. The van der Waals surface area contributed by atoms with Crippen molar-refractivity contribution in [1.82, 2.24) is 19.5 Å². The second kappa shape index (κ2) is 6.62. The zero-order chi connectivity index (χ0) is 18.9. The standard InChI is InChI=1S/C16H12F4N4O2/c17-11-4-3-10(12(6-11)16(18,19)20)7-21-14(25)8-23-9-22-24-5-1-2-13(24)15(23)26/h1-6,9H,7-8H2,(H,21,25). The lowest BCUT2D eigenvalue weighted by Gasteiger charge is -2.14. The van der Waals surface area contributed by atoms with Crippen LogP contribution >= 0.6 is 0 Å². The van der Waals surface area contributed by atoms with Crippen LogP contribution in [0.3, 0.4) is 0 Å². The maximum atomic E-state index is 13.1. The summed E-state index contributed by atoms with van der Waals surface area (Å²) in [6.45, 7) is -0.862. The van der Waals surface area contributed by atoms with Crippen molar-refractivity contribution in [3.63, 3.8) is 0 Å². The molecule has 10 heteroatoms. The number of hydrogen-bond acceptors (Lipinski definition) is 3. The molecule has 0 spiro atoms. The Morgan fingerprint density at radius 2 is 2.00 bits per heavy atom. The number of nitrogens with one attached hydrogen (secondary N) is 1. The normalized spacial score (nSPS) is 11.7. The number of nitrogens with zero attached hydrogens (tertiary/aromatic N) is 3. The van der Waals surface area contributed by atoms with Gasteiger partial charge >= 0.3 is 6.18 Å². The van der Waals surface area contributed by atoms with Crippen molar-refractivity contribution in [2.45, 2.75) is 19.3 Å². The molecule has 0 saturated carbocycles. The van der Waals surface area contributed by atoms with Gasteiger partial charge in [-0.1, -0.05) is 6.07 Å². The van der Waals surface area contributed by atoms with Crippen LogP contribution in [0.25, 0.3) is 5.52 Å². The van der Waals surface area contributed by atoms with E-state index in [4.69, 9.17) is 0 Å². The molecule has 136 valence electrons. The first-order valence-electron chi connectivity index (χ1n) is 7.41. The molecular weight excluding hydrogens is 356 g/mol. The summed E-state index contributed by atoms with van der Waals surface area (Å²) in [6, 6.07) is 5.35. The second-order valence-electron chi connectivity index (χ2n) is 5.48. The van der Waals surface area contributed by atoms with Gasteiger partial charge in [-0.05, 0) is 29.8 Å². The summed E-state index contributed by atoms with van der Waals surface area (Å²) in [6.07, 6.45) is -2.02. The zero-order valence-corrected chi connectivity index (χ0v) is 13.1. The molecule has 2 heterocycles. The van der Waals surface area contributed by atoms with Gasteiger partial charge in [-0.2, -0.15) is 18.3 Å². The van der Waals surface area contributed by atoms with Crippen LogP contribution < -0.4 is 10.9 Å². The highest BCUT2D eigenvalue weighted by atomic mass is 19.4. The van der Waals surface area contributed by atoms with Crippen molar-refractivity contribution in [2.75, 3.05) is 0 Å². The molecule has 2 aromatic heterocycles. The third-order valence-corrected chi connectivity index (χ3v) is 3.69. The number of rotatable bonds is 4. The summed E-state index contributed by atoms with van der Waals surface area (Å²) in [5, 5.41) is 6.23. The third-order valence-electron chi connectivity index (χ3n) is 3.69. The summed E-state index contributed by atoms with van der Waals surface area (Å²) in [5.41, 5.74) is -1.64. The largest absolute Gasteiger partial charge is 0.416 e. The van der Waals surface area contributed by atoms with Crippen LogP contribution in [0.5, 0.6) is 0 Å². The first-order chi connectivity index (χ1) is 12.3. The van der Waals surface area contributed by atoms with E-state index in [1.54, 1.807) is 12.3 Å². The molecule has 0 radical (unpaired) electrons. The molecule has 26 heavy (non-hydrogen) atoms. The number of aromatic nitrogens is 3. The Balaban J connectivity index is 1.73. The summed E-state index contributed by atoms with van der Waals surface area (Å²) >= 11 is 0. The average Bonchev–Trinajstić information content (AvgIpc) is 3.05. The minimum atomic E-state index is -4.75. The number of hydrogen-bond donors (Lipinski definition) is 1. The lowest BCUT2D eigenvalue weighted by Crippen LogP contribution is -2.33. The topological polar surface area (TPSA) is 68.4 Å². The van der Waals surface area contributed by atoms with Crippen molar-refractivity contribution in [3.05, 3.63) is 70.2 Å². The van der Waals surface area contributed by atoms with Gasteiger partial charge in [0.2, 0.25) is 5.91 Å². The molecule has 1 aromatic carbocycles. The molecule has 0 atom stereocenters. The summed E-state index contributed by atoms with van der Waals surface area (Å²) in [7, 11) is 0. The predicted molar refractivity (Wildman–Crippen MR) is 82.7 cm³/mol. The van der Waals surface area contributed by atoms with Gasteiger partial charge < -0.3 is 5.32 Å². The maximum absolute atomic E-state index is 13.1. The van der Waals surface area contributed by atoms with Gasteiger partial charge in [0.05, 0.1) is 5.56 Å². The smallest absolute Gasteiger partial charge is 0.350 e. The van der Waals surface area contributed by atoms with Crippen molar-refractivity contribution in [2.24, 2.45) is 0 Å². The van der Waals surface area contributed by atoms with E-state index >= 15 is 0 Å². The lowest BCUT2D eigenvalue weighted by atomic mass is 10.1. The Labute approximate surface area is 143 Å². The summed E-state index contributed by atoms with van der Waals surface area (Å²) in [4.78, 5) is 24.1. The minimum absolute atomic E-state index is 0.262. The molecule has 3 aromatic rings. The van der Waals surface area contributed by atoms with E-state index in [1.807, 2.05) is 0 Å². The lowest BCUT2D eigenvalue weighted by molar-refractivity contribution is -0.138. The van der Waals surface area contributed by atoms with Crippen molar-refractivity contribution < 1.29 is 22.4 Å². The number of halogens is 4. The zero-order valence-electron chi connectivity index (χ0n) is 13.1. The van der Waals surface area contributed by atoms with E-state index in [9.17, 15) is 27.2 Å². The Kier molecular flexibility index (Phi) is 4.49. The first-order valence-corrected chi connectivity index (χ1v) is 7.41. The van der Waals surface area contributed by atoms with Gasteiger partial charge in [0, 0.05) is 12.7 Å². The minimum Gasteiger partial charge on any atom is -0.350 e. The monoisotopic (exact) mass is 368 g/mol. The van der Waals surface area contributed by atoms with Crippen LogP contribution in [-0.4, -0.2) is 20.1 Å². The predicted octanol–water partition coefficient (Wildman–Crippen LogP) is 1.97. The highest BCUT2D eigenvalue weighted by molar-refractivity contribution is 5.75. The van der Waals surface area contributed by atoms with Crippen molar-refractivity contribution >= 4 is 11.4 Å². The average molecular weight is 368 g/mol. The molecule has 0 bridgehead atoms. The summed E-state index contributed by atoms with van der Waals surface area (Å²) in [5.74, 6) is -1.70. The third kappa shape index (κ3) is 3.58. The van der Waals surface area contributed by atoms with E-state index in [1.165, 1.54) is 10.6 Å². The molecule has 0 aliphatic carbocycles. The van der Waals surface area contributed by atoms with Crippen LogP contribution in [0, 0.1) is 5.82 Å². The fourth-order valence-electron chi connectivity index (χ4n) is 2.44. The van der Waals surface area contributed by atoms with Crippen LogP contribution in [0.2, 0.25) is 0 Å². The van der Waals surface area contributed by atoms with Crippen LogP contribution in [0.1, 0.15) is 11.1 Å². The summed E-state index contributed by atoms with van der Waals surface area (Å²) < 4.78 is 54.3. The quantitative estimate of drug-likeness (QED) is 0.716. The molecule has 0 aliphatic heterocycles. The first kappa shape index (κ1) is 17.6. The van der Waals surface area contributed by atoms with E-state index < -0.39 is 42.1 Å². The molecule has 1 N–H and O–H groups in total. The van der Waals surface area contributed by atoms with Crippen molar-refractivity contribution in [1.29, 1.82) is 0 Å². The molecule has 0 fully saturated rings. The Hall–Kier alpha value is -3.17. The van der Waals surface area contributed by atoms with Gasteiger partial charge in [-0.3, -0.25) is 14.2 Å². The molecular formula is C16H12F4N4O2. The van der Waals surface area contributed by atoms with Crippen molar-refractivity contribution in [3.8, 4) is 0 Å².